The van der Waals surface area contributed by atoms with Gasteiger partial charge in [-0.05, 0) is 36.9 Å². The van der Waals surface area contributed by atoms with Crippen LogP contribution in [0.25, 0.3) is 21.9 Å². The quantitative estimate of drug-likeness (QED) is 0.785. The molecule has 0 aliphatic carbocycles. The molecule has 4 nitrogen and oxygen atoms in total. The molecule has 0 fully saturated rings. The molecule has 20 heavy (non-hydrogen) atoms. The van der Waals surface area contributed by atoms with Crippen molar-refractivity contribution in [3.8, 4) is 11.1 Å². The van der Waals surface area contributed by atoms with Crippen molar-refractivity contribution in [1.29, 1.82) is 0 Å². The monoisotopic (exact) mass is 266 g/mol. The van der Waals surface area contributed by atoms with E-state index in [0.717, 1.165) is 16.8 Å². The van der Waals surface area contributed by atoms with Gasteiger partial charge in [-0.25, -0.2) is 4.98 Å². The third kappa shape index (κ3) is 2.25. The van der Waals surface area contributed by atoms with Gasteiger partial charge in [0.1, 0.15) is 5.82 Å². The molecular formula is C16H18N4. The molecule has 0 bridgehead atoms. The van der Waals surface area contributed by atoms with Gasteiger partial charge in [0.25, 0.3) is 0 Å². The lowest BCUT2D eigenvalue weighted by molar-refractivity contribution is 0.532. The number of anilines is 1. The molecular weight excluding hydrogens is 248 g/mol. The van der Waals surface area contributed by atoms with E-state index in [1.54, 1.807) is 0 Å². The number of benzene rings is 1. The minimum absolute atomic E-state index is 0.379. The average Bonchev–Trinajstić information content (AvgIpc) is 2.96. The first-order chi connectivity index (χ1) is 9.67. The van der Waals surface area contributed by atoms with Crippen LogP contribution >= 0.6 is 0 Å². The Hall–Kier alpha value is -2.36. The summed E-state index contributed by atoms with van der Waals surface area (Å²) in [6.45, 7) is 4.25. The average molecular weight is 266 g/mol. The Morgan fingerprint density at radius 1 is 1.05 bits per heavy atom. The van der Waals surface area contributed by atoms with Crippen LogP contribution in [0.5, 0.6) is 0 Å². The van der Waals surface area contributed by atoms with Gasteiger partial charge in [0, 0.05) is 36.4 Å². The number of rotatable bonds is 3. The van der Waals surface area contributed by atoms with Gasteiger partial charge in [0.2, 0.25) is 0 Å². The van der Waals surface area contributed by atoms with Gasteiger partial charge < -0.3 is 5.32 Å². The molecule has 0 saturated carbocycles. The molecule has 3 rings (SSSR count). The topological polar surface area (TPSA) is 42.7 Å². The first kappa shape index (κ1) is 12.7. The molecule has 0 aliphatic rings. The van der Waals surface area contributed by atoms with Crippen molar-refractivity contribution in [2.24, 2.45) is 0 Å². The van der Waals surface area contributed by atoms with Gasteiger partial charge in [0.05, 0.1) is 6.20 Å². The zero-order valence-corrected chi connectivity index (χ0v) is 12.0. The lowest BCUT2D eigenvalue weighted by Crippen LogP contribution is -1.99. The van der Waals surface area contributed by atoms with Gasteiger partial charge in [-0.15, -0.1) is 0 Å². The van der Waals surface area contributed by atoms with Gasteiger partial charge >= 0.3 is 0 Å². The molecule has 0 atom stereocenters. The second kappa shape index (κ2) is 4.96. The van der Waals surface area contributed by atoms with Crippen LogP contribution in [0.4, 0.5) is 5.82 Å². The van der Waals surface area contributed by atoms with Crippen LogP contribution < -0.4 is 5.32 Å². The molecule has 0 spiro atoms. The predicted octanol–water partition coefficient (Wildman–Crippen LogP) is 3.72. The van der Waals surface area contributed by atoms with Crippen LogP contribution in [-0.4, -0.2) is 21.8 Å². The summed E-state index contributed by atoms with van der Waals surface area (Å²) in [4.78, 5) is 4.33. The Labute approximate surface area is 118 Å². The molecule has 0 saturated heterocycles. The van der Waals surface area contributed by atoms with E-state index < -0.39 is 0 Å². The minimum atomic E-state index is 0.379. The summed E-state index contributed by atoms with van der Waals surface area (Å²) >= 11 is 0. The summed E-state index contributed by atoms with van der Waals surface area (Å²) < 4.78 is 1.98. The molecule has 0 aliphatic heterocycles. The molecule has 2 aromatic heterocycles. The van der Waals surface area contributed by atoms with Gasteiger partial charge in [0.15, 0.2) is 0 Å². The molecule has 0 radical (unpaired) electrons. The maximum Gasteiger partial charge on any atom is 0.126 e. The number of nitrogens with one attached hydrogen (secondary N) is 1. The molecule has 1 aromatic carbocycles. The second-order valence-corrected chi connectivity index (χ2v) is 5.18. The summed E-state index contributed by atoms with van der Waals surface area (Å²) in [7, 11) is 1.88. The highest BCUT2D eigenvalue weighted by molar-refractivity contribution is 5.88. The summed E-state index contributed by atoms with van der Waals surface area (Å²) in [5, 5.41) is 9.79. The standard InChI is InChI=1S/C16H18N4/c1-11(2)20-10-15(9-19-20)12-4-5-13-8-18-16(17-3)7-14(13)6-12/h4-11H,1-3H3,(H,17,18). The van der Waals surface area contributed by atoms with Crippen LogP contribution in [0.1, 0.15) is 19.9 Å². The van der Waals surface area contributed by atoms with E-state index in [-0.39, 0.29) is 0 Å². The van der Waals surface area contributed by atoms with E-state index in [4.69, 9.17) is 0 Å². The zero-order chi connectivity index (χ0) is 14.1. The molecule has 1 N–H and O–H groups in total. The van der Waals surface area contributed by atoms with E-state index in [1.165, 1.54) is 10.9 Å². The molecule has 0 unspecified atom stereocenters. The fourth-order valence-electron chi connectivity index (χ4n) is 2.23. The smallest absolute Gasteiger partial charge is 0.126 e. The molecule has 3 aromatic rings. The first-order valence-corrected chi connectivity index (χ1v) is 6.79. The van der Waals surface area contributed by atoms with E-state index in [2.05, 4.69) is 59.7 Å². The van der Waals surface area contributed by atoms with Crippen molar-refractivity contribution in [2.45, 2.75) is 19.9 Å². The third-order valence-electron chi connectivity index (χ3n) is 3.44. The van der Waals surface area contributed by atoms with E-state index >= 15 is 0 Å². The van der Waals surface area contributed by atoms with Gasteiger partial charge in [-0.2, -0.15) is 5.10 Å². The van der Waals surface area contributed by atoms with Gasteiger partial charge in [-0.3, -0.25) is 4.68 Å². The van der Waals surface area contributed by atoms with Crippen molar-refractivity contribution in [3.05, 3.63) is 42.9 Å². The number of aromatic nitrogens is 3. The van der Waals surface area contributed by atoms with Crippen molar-refractivity contribution >= 4 is 16.6 Å². The summed E-state index contributed by atoms with van der Waals surface area (Å²) in [5.74, 6) is 0.882. The lowest BCUT2D eigenvalue weighted by Gasteiger charge is -2.05. The Balaban J connectivity index is 2.06. The predicted molar refractivity (Wildman–Crippen MR) is 82.9 cm³/mol. The van der Waals surface area contributed by atoms with Crippen molar-refractivity contribution in [3.63, 3.8) is 0 Å². The maximum atomic E-state index is 4.40. The fourth-order valence-corrected chi connectivity index (χ4v) is 2.23. The molecule has 4 heteroatoms. The van der Waals surface area contributed by atoms with Crippen LogP contribution in [0.2, 0.25) is 0 Å². The van der Waals surface area contributed by atoms with E-state index in [9.17, 15) is 0 Å². The molecule has 2 heterocycles. The fraction of sp³-hybridized carbons (Fsp3) is 0.250. The lowest BCUT2D eigenvalue weighted by atomic mass is 10.1. The Bertz CT molecular complexity index is 743. The van der Waals surface area contributed by atoms with Gasteiger partial charge in [-0.1, -0.05) is 12.1 Å². The Kier molecular flexibility index (Phi) is 3.14. The van der Waals surface area contributed by atoms with Crippen LogP contribution in [0.3, 0.4) is 0 Å². The summed E-state index contributed by atoms with van der Waals surface area (Å²) in [5.41, 5.74) is 2.32. The second-order valence-electron chi connectivity index (χ2n) is 5.18. The third-order valence-corrected chi connectivity index (χ3v) is 3.44. The highest BCUT2D eigenvalue weighted by Gasteiger charge is 2.05. The largest absolute Gasteiger partial charge is 0.373 e. The minimum Gasteiger partial charge on any atom is -0.373 e. The van der Waals surface area contributed by atoms with Crippen LogP contribution in [-0.2, 0) is 0 Å². The molecule has 102 valence electrons. The first-order valence-electron chi connectivity index (χ1n) is 6.79. The Morgan fingerprint density at radius 3 is 2.60 bits per heavy atom. The van der Waals surface area contributed by atoms with Crippen molar-refractivity contribution in [1.82, 2.24) is 14.8 Å². The Morgan fingerprint density at radius 2 is 1.90 bits per heavy atom. The number of hydrogen-bond donors (Lipinski definition) is 1. The van der Waals surface area contributed by atoms with E-state index in [0.29, 0.717) is 6.04 Å². The normalized spacial score (nSPS) is 11.2. The number of hydrogen-bond acceptors (Lipinski definition) is 3. The number of nitrogens with zero attached hydrogens (tertiary/aromatic N) is 3. The SMILES string of the molecule is CNc1cc2cc(-c3cnn(C(C)C)c3)ccc2cn1. The number of pyridine rings is 1. The van der Waals surface area contributed by atoms with E-state index in [1.807, 2.05) is 24.1 Å². The maximum absolute atomic E-state index is 4.40. The number of fused-ring (bicyclic) bond motifs is 1. The van der Waals surface area contributed by atoms with Crippen molar-refractivity contribution < 1.29 is 0 Å². The zero-order valence-electron chi connectivity index (χ0n) is 12.0. The highest BCUT2D eigenvalue weighted by atomic mass is 15.3. The molecule has 0 amide bonds. The van der Waals surface area contributed by atoms with Crippen LogP contribution in [0, 0.1) is 0 Å². The highest BCUT2D eigenvalue weighted by Crippen LogP contribution is 2.25. The van der Waals surface area contributed by atoms with Crippen molar-refractivity contribution in [2.75, 3.05) is 12.4 Å². The van der Waals surface area contributed by atoms with Crippen LogP contribution in [0.15, 0.2) is 42.9 Å². The summed E-state index contributed by atoms with van der Waals surface area (Å²) in [6.07, 6.45) is 5.90. The summed E-state index contributed by atoms with van der Waals surface area (Å²) in [6, 6.07) is 8.84.